The second-order valence-electron chi connectivity index (χ2n) is 8.85. The topological polar surface area (TPSA) is 70.7 Å². The summed E-state index contributed by atoms with van der Waals surface area (Å²) in [6.07, 6.45) is 2.29. The highest BCUT2D eigenvalue weighted by Gasteiger charge is 2.35. The molecule has 2 N–H and O–H groups in total. The van der Waals surface area contributed by atoms with Gasteiger partial charge in [-0.15, -0.1) is 0 Å². The van der Waals surface area contributed by atoms with Crippen molar-refractivity contribution in [2.45, 2.75) is 52.1 Å². The molecule has 172 valence electrons. The standard InChI is InChI=1S/C26H35N3O3/c1-18(2)28-26(31)29-17-22(10-13-24(29)21-7-5-6-19(3)16-21)25(30)27-15-14-20-8-11-23(32-4)12-9-20/h5-9,11-12,16,18,22,24H,10,13-15,17H2,1-4H3,(H,27,30)(H,28,31)/t22-,24-/m0/s1. The van der Waals surface area contributed by atoms with Crippen LogP contribution in [-0.2, 0) is 11.2 Å². The number of hydrogen-bond acceptors (Lipinski definition) is 3. The highest BCUT2D eigenvalue weighted by atomic mass is 16.5. The van der Waals surface area contributed by atoms with Crippen molar-refractivity contribution in [3.63, 3.8) is 0 Å². The number of hydrogen-bond donors (Lipinski definition) is 2. The first-order chi connectivity index (χ1) is 15.4. The number of piperidine rings is 1. The molecule has 0 unspecified atom stereocenters. The minimum atomic E-state index is -0.204. The van der Waals surface area contributed by atoms with Gasteiger partial charge in [0.1, 0.15) is 5.75 Å². The largest absolute Gasteiger partial charge is 0.497 e. The molecule has 0 aliphatic carbocycles. The summed E-state index contributed by atoms with van der Waals surface area (Å²) in [5.74, 6) is 0.635. The molecule has 0 spiro atoms. The van der Waals surface area contributed by atoms with Crippen LogP contribution in [-0.4, -0.2) is 43.1 Å². The zero-order valence-corrected chi connectivity index (χ0v) is 19.6. The fourth-order valence-electron chi connectivity index (χ4n) is 4.23. The molecule has 6 heteroatoms. The maximum absolute atomic E-state index is 13.0. The van der Waals surface area contributed by atoms with Crippen molar-refractivity contribution in [1.82, 2.24) is 15.5 Å². The number of urea groups is 1. The van der Waals surface area contributed by atoms with Gasteiger partial charge < -0.3 is 20.3 Å². The average molecular weight is 438 g/mol. The van der Waals surface area contributed by atoms with E-state index in [1.807, 2.05) is 49.1 Å². The number of rotatable bonds is 7. The van der Waals surface area contributed by atoms with E-state index in [4.69, 9.17) is 4.74 Å². The number of nitrogens with zero attached hydrogens (tertiary/aromatic N) is 1. The minimum Gasteiger partial charge on any atom is -0.497 e. The number of likely N-dealkylation sites (tertiary alicyclic amines) is 1. The van der Waals surface area contributed by atoms with Crippen LogP contribution in [0.4, 0.5) is 4.79 Å². The number of methoxy groups -OCH3 is 1. The van der Waals surface area contributed by atoms with Gasteiger partial charge in [0, 0.05) is 19.1 Å². The molecule has 2 atom stereocenters. The summed E-state index contributed by atoms with van der Waals surface area (Å²) in [6.45, 7) is 6.95. The smallest absolute Gasteiger partial charge is 0.318 e. The molecule has 32 heavy (non-hydrogen) atoms. The molecule has 1 saturated heterocycles. The number of ether oxygens (including phenoxy) is 1. The summed E-state index contributed by atoms with van der Waals surface area (Å²) in [6, 6.07) is 16.1. The number of carbonyl (C=O) groups excluding carboxylic acids is 2. The molecular formula is C26H35N3O3. The molecule has 1 aliphatic heterocycles. The minimum absolute atomic E-state index is 0.0167. The highest BCUT2D eigenvalue weighted by molar-refractivity contribution is 5.81. The predicted molar refractivity (Wildman–Crippen MR) is 127 cm³/mol. The SMILES string of the molecule is COc1ccc(CCNC(=O)[C@H]2CC[C@@H](c3cccc(C)c3)N(C(=O)NC(C)C)C2)cc1. The predicted octanol–water partition coefficient (Wildman–Crippen LogP) is 4.23. The molecule has 2 aromatic rings. The number of carbonyl (C=O) groups is 2. The fraction of sp³-hybridized carbons (Fsp3) is 0.462. The van der Waals surface area contributed by atoms with E-state index in [9.17, 15) is 9.59 Å². The van der Waals surface area contributed by atoms with Crippen LogP contribution in [0.1, 0.15) is 49.4 Å². The van der Waals surface area contributed by atoms with Crippen molar-refractivity contribution in [2.75, 3.05) is 20.2 Å². The summed E-state index contributed by atoms with van der Waals surface area (Å²) in [5, 5.41) is 6.07. The van der Waals surface area contributed by atoms with E-state index < -0.39 is 0 Å². The third kappa shape index (κ3) is 6.25. The Balaban J connectivity index is 1.62. The molecule has 3 amide bonds. The van der Waals surface area contributed by atoms with Gasteiger partial charge in [-0.05, 0) is 63.3 Å². The fourth-order valence-corrected chi connectivity index (χ4v) is 4.23. The zero-order valence-electron chi connectivity index (χ0n) is 19.6. The van der Waals surface area contributed by atoms with Crippen molar-refractivity contribution in [2.24, 2.45) is 5.92 Å². The monoisotopic (exact) mass is 437 g/mol. The van der Waals surface area contributed by atoms with Crippen LogP contribution in [0.2, 0.25) is 0 Å². The summed E-state index contributed by atoms with van der Waals surface area (Å²) in [4.78, 5) is 27.7. The van der Waals surface area contributed by atoms with Crippen LogP contribution in [0.5, 0.6) is 5.75 Å². The molecule has 2 aromatic carbocycles. The quantitative estimate of drug-likeness (QED) is 0.681. The third-order valence-corrected chi connectivity index (χ3v) is 5.92. The number of benzene rings is 2. The lowest BCUT2D eigenvalue weighted by Crippen LogP contribution is -2.51. The summed E-state index contributed by atoms with van der Waals surface area (Å²) >= 11 is 0. The number of amides is 3. The Bertz CT molecular complexity index is 911. The van der Waals surface area contributed by atoms with E-state index >= 15 is 0 Å². The van der Waals surface area contributed by atoms with E-state index in [1.54, 1.807) is 7.11 Å². The first-order valence-corrected chi connectivity index (χ1v) is 11.4. The molecule has 3 rings (SSSR count). The van der Waals surface area contributed by atoms with Crippen molar-refractivity contribution in [1.29, 1.82) is 0 Å². The van der Waals surface area contributed by atoms with Gasteiger partial charge in [-0.3, -0.25) is 4.79 Å². The van der Waals surface area contributed by atoms with Gasteiger partial charge >= 0.3 is 6.03 Å². The molecule has 0 radical (unpaired) electrons. The van der Waals surface area contributed by atoms with Crippen LogP contribution in [0, 0.1) is 12.8 Å². The van der Waals surface area contributed by atoms with Crippen LogP contribution < -0.4 is 15.4 Å². The van der Waals surface area contributed by atoms with Crippen molar-refractivity contribution < 1.29 is 14.3 Å². The second-order valence-corrected chi connectivity index (χ2v) is 8.85. The van der Waals surface area contributed by atoms with E-state index in [0.717, 1.165) is 36.1 Å². The molecule has 0 saturated carbocycles. The first kappa shape index (κ1) is 23.6. The number of aryl methyl sites for hydroxylation is 1. The Morgan fingerprint density at radius 3 is 2.53 bits per heavy atom. The maximum atomic E-state index is 13.0. The second kappa shape index (κ2) is 11.0. The van der Waals surface area contributed by atoms with Gasteiger partial charge in [-0.1, -0.05) is 42.0 Å². The lowest BCUT2D eigenvalue weighted by atomic mass is 9.88. The van der Waals surface area contributed by atoms with Crippen LogP contribution >= 0.6 is 0 Å². The normalized spacial score (nSPS) is 18.3. The lowest BCUT2D eigenvalue weighted by molar-refractivity contribution is -0.126. The van der Waals surface area contributed by atoms with Gasteiger partial charge in [-0.25, -0.2) is 4.79 Å². The molecular weight excluding hydrogens is 402 g/mol. The molecule has 1 heterocycles. The van der Waals surface area contributed by atoms with E-state index in [0.29, 0.717) is 13.1 Å². The lowest BCUT2D eigenvalue weighted by Gasteiger charge is -2.40. The van der Waals surface area contributed by atoms with E-state index in [1.165, 1.54) is 5.56 Å². The number of nitrogens with one attached hydrogen (secondary N) is 2. The molecule has 1 fully saturated rings. The average Bonchev–Trinajstić information content (AvgIpc) is 2.78. The van der Waals surface area contributed by atoms with Crippen LogP contribution in [0.25, 0.3) is 0 Å². The highest BCUT2D eigenvalue weighted by Crippen LogP contribution is 2.34. The molecule has 0 aromatic heterocycles. The molecule has 0 bridgehead atoms. The van der Waals surface area contributed by atoms with Gasteiger partial charge in [0.05, 0.1) is 19.1 Å². The van der Waals surface area contributed by atoms with Gasteiger partial charge in [0.2, 0.25) is 5.91 Å². The van der Waals surface area contributed by atoms with E-state index in [-0.39, 0.29) is 29.9 Å². The van der Waals surface area contributed by atoms with Gasteiger partial charge in [-0.2, -0.15) is 0 Å². The van der Waals surface area contributed by atoms with Crippen molar-refractivity contribution in [3.05, 3.63) is 65.2 Å². The van der Waals surface area contributed by atoms with Crippen LogP contribution in [0.15, 0.2) is 48.5 Å². The molecule has 1 aliphatic rings. The Labute approximate surface area is 191 Å². The Morgan fingerprint density at radius 2 is 1.88 bits per heavy atom. The maximum Gasteiger partial charge on any atom is 0.318 e. The van der Waals surface area contributed by atoms with Crippen LogP contribution in [0.3, 0.4) is 0 Å². The van der Waals surface area contributed by atoms with Gasteiger partial charge in [0.25, 0.3) is 0 Å². The van der Waals surface area contributed by atoms with Crippen molar-refractivity contribution >= 4 is 11.9 Å². The summed E-state index contributed by atoms with van der Waals surface area (Å²) < 4.78 is 5.18. The molecule has 6 nitrogen and oxygen atoms in total. The Hall–Kier alpha value is -3.02. The van der Waals surface area contributed by atoms with Gasteiger partial charge in [0.15, 0.2) is 0 Å². The Kier molecular flexibility index (Phi) is 8.14. The first-order valence-electron chi connectivity index (χ1n) is 11.4. The summed E-state index contributed by atoms with van der Waals surface area (Å²) in [7, 11) is 1.65. The van der Waals surface area contributed by atoms with Crippen molar-refractivity contribution in [3.8, 4) is 5.75 Å². The third-order valence-electron chi connectivity index (χ3n) is 5.92. The Morgan fingerprint density at radius 1 is 1.12 bits per heavy atom. The van der Waals surface area contributed by atoms with E-state index in [2.05, 4.69) is 35.8 Å². The summed E-state index contributed by atoms with van der Waals surface area (Å²) in [5.41, 5.74) is 3.44. The zero-order chi connectivity index (χ0) is 23.1.